The summed E-state index contributed by atoms with van der Waals surface area (Å²) in [4.78, 5) is 13.0. The number of rotatable bonds is 8. The highest BCUT2D eigenvalue weighted by Crippen LogP contribution is 2.25. The van der Waals surface area contributed by atoms with Crippen molar-refractivity contribution in [2.24, 2.45) is 5.41 Å². The van der Waals surface area contributed by atoms with Gasteiger partial charge in [0.2, 0.25) is 0 Å². The van der Waals surface area contributed by atoms with Gasteiger partial charge >= 0.3 is 0 Å². The summed E-state index contributed by atoms with van der Waals surface area (Å²) in [6.07, 6.45) is 0.526. The van der Waals surface area contributed by atoms with E-state index in [1.54, 1.807) is 18.2 Å². The average molecular weight is 459 g/mol. The standard InChI is InChI=1S/C22H33Cl2NO3Si/c1-8-19(28-18-13-16(23)12-17(24)14-18)20(26)25-22(5,15-27-29(6)7)11-9-10-21(2,3)4/h12-14,19,29H,8,10,15H2,1-7H3,(H,25,26). The first kappa shape index (κ1) is 25.8. The fraction of sp³-hybridized carbons (Fsp3) is 0.591. The minimum Gasteiger partial charge on any atom is -0.481 e. The molecule has 0 fully saturated rings. The number of benzene rings is 1. The van der Waals surface area contributed by atoms with Gasteiger partial charge in [-0.3, -0.25) is 4.79 Å². The van der Waals surface area contributed by atoms with Crippen LogP contribution in [0.4, 0.5) is 0 Å². The molecule has 0 saturated heterocycles. The summed E-state index contributed by atoms with van der Waals surface area (Å²) in [6.45, 7) is 14.7. The van der Waals surface area contributed by atoms with Gasteiger partial charge in [0.05, 0.1) is 6.61 Å². The average Bonchev–Trinajstić information content (AvgIpc) is 2.55. The number of ether oxygens (including phenoxy) is 1. The number of amides is 1. The van der Waals surface area contributed by atoms with Crippen LogP contribution in [0.25, 0.3) is 0 Å². The third kappa shape index (κ3) is 10.4. The van der Waals surface area contributed by atoms with E-state index in [2.05, 4.69) is 51.0 Å². The summed E-state index contributed by atoms with van der Waals surface area (Å²) in [5.74, 6) is 6.64. The Morgan fingerprint density at radius 2 is 1.76 bits per heavy atom. The van der Waals surface area contributed by atoms with Crippen molar-refractivity contribution in [3.05, 3.63) is 28.2 Å². The maximum atomic E-state index is 13.0. The van der Waals surface area contributed by atoms with Crippen molar-refractivity contribution in [1.82, 2.24) is 5.32 Å². The molecule has 1 aromatic rings. The molecule has 0 saturated carbocycles. The van der Waals surface area contributed by atoms with Crippen molar-refractivity contribution in [2.45, 2.75) is 72.2 Å². The van der Waals surface area contributed by atoms with Crippen molar-refractivity contribution in [3.8, 4) is 17.6 Å². The first-order valence-electron chi connectivity index (χ1n) is 9.90. The molecule has 1 N–H and O–H groups in total. The molecule has 1 amide bonds. The Morgan fingerprint density at radius 1 is 1.17 bits per heavy atom. The van der Waals surface area contributed by atoms with E-state index >= 15 is 0 Å². The Morgan fingerprint density at radius 3 is 2.24 bits per heavy atom. The lowest BCUT2D eigenvalue weighted by atomic mass is 9.92. The molecule has 2 unspecified atom stereocenters. The highest BCUT2D eigenvalue weighted by molar-refractivity contribution is 6.48. The van der Waals surface area contributed by atoms with E-state index in [4.69, 9.17) is 32.4 Å². The largest absolute Gasteiger partial charge is 0.481 e. The molecule has 0 heterocycles. The Balaban J connectivity index is 2.97. The van der Waals surface area contributed by atoms with Gasteiger partial charge in [-0.1, -0.05) is 56.8 Å². The van der Waals surface area contributed by atoms with E-state index in [0.29, 0.717) is 28.8 Å². The SMILES string of the molecule is CCC(Oc1cc(Cl)cc(Cl)c1)C(=O)NC(C)(C#CCC(C)(C)C)CO[SiH](C)C. The summed E-state index contributed by atoms with van der Waals surface area (Å²) in [6, 6.07) is 4.89. The molecule has 0 radical (unpaired) electrons. The lowest BCUT2D eigenvalue weighted by Gasteiger charge is -2.29. The molecular weight excluding hydrogens is 425 g/mol. The zero-order valence-corrected chi connectivity index (χ0v) is 21.2. The Hall–Kier alpha value is -1.19. The van der Waals surface area contributed by atoms with Crippen LogP contribution in [-0.2, 0) is 9.22 Å². The van der Waals surface area contributed by atoms with Crippen molar-refractivity contribution in [3.63, 3.8) is 0 Å². The van der Waals surface area contributed by atoms with Crippen LogP contribution in [-0.4, -0.2) is 33.2 Å². The molecule has 1 rings (SSSR count). The van der Waals surface area contributed by atoms with Crippen LogP contribution >= 0.6 is 23.2 Å². The number of hydrogen-bond acceptors (Lipinski definition) is 3. The van der Waals surface area contributed by atoms with Crippen molar-refractivity contribution < 1.29 is 14.0 Å². The van der Waals surface area contributed by atoms with Gasteiger partial charge < -0.3 is 14.5 Å². The maximum Gasteiger partial charge on any atom is 0.262 e. The van der Waals surface area contributed by atoms with Gasteiger partial charge in [0, 0.05) is 16.5 Å². The Labute approximate surface area is 187 Å². The van der Waals surface area contributed by atoms with Crippen molar-refractivity contribution in [2.75, 3.05) is 6.61 Å². The number of carbonyl (C=O) groups excluding carboxylic acids is 1. The van der Waals surface area contributed by atoms with E-state index < -0.39 is 20.7 Å². The topological polar surface area (TPSA) is 47.6 Å². The van der Waals surface area contributed by atoms with Crippen LogP contribution in [0.5, 0.6) is 5.75 Å². The quantitative estimate of drug-likeness (QED) is 0.415. The van der Waals surface area contributed by atoms with Crippen LogP contribution in [0.15, 0.2) is 18.2 Å². The molecule has 0 aliphatic rings. The highest BCUT2D eigenvalue weighted by atomic mass is 35.5. The minimum atomic E-state index is -1.26. The summed E-state index contributed by atoms with van der Waals surface area (Å²) in [5.41, 5.74) is -0.700. The second-order valence-corrected chi connectivity index (χ2v) is 12.1. The molecular formula is C22H33Cl2NO3Si. The molecule has 162 valence electrons. The lowest BCUT2D eigenvalue weighted by Crippen LogP contribution is -2.53. The van der Waals surface area contributed by atoms with E-state index in [9.17, 15) is 4.79 Å². The van der Waals surface area contributed by atoms with E-state index in [0.717, 1.165) is 6.42 Å². The van der Waals surface area contributed by atoms with Crippen LogP contribution in [0.3, 0.4) is 0 Å². The summed E-state index contributed by atoms with van der Waals surface area (Å²) in [5, 5.41) is 3.94. The smallest absolute Gasteiger partial charge is 0.262 e. The second kappa shape index (κ2) is 11.3. The predicted octanol–water partition coefficient (Wildman–Crippen LogP) is 5.47. The molecule has 0 aliphatic carbocycles. The maximum absolute atomic E-state index is 13.0. The molecule has 4 nitrogen and oxygen atoms in total. The Bertz CT molecular complexity index is 732. The van der Waals surface area contributed by atoms with E-state index in [1.807, 2.05) is 13.8 Å². The molecule has 0 spiro atoms. The van der Waals surface area contributed by atoms with Crippen molar-refractivity contribution in [1.29, 1.82) is 0 Å². The summed E-state index contributed by atoms with van der Waals surface area (Å²) in [7, 11) is -1.26. The summed E-state index contributed by atoms with van der Waals surface area (Å²) >= 11 is 12.1. The fourth-order valence-corrected chi connectivity index (χ4v) is 3.55. The normalized spacial score (nSPS) is 14.6. The minimum absolute atomic E-state index is 0.0898. The van der Waals surface area contributed by atoms with Crippen molar-refractivity contribution >= 4 is 38.1 Å². The van der Waals surface area contributed by atoms with Crippen LogP contribution in [0.2, 0.25) is 23.1 Å². The number of hydrogen-bond donors (Lipinski definition) is 1. The lowest BCUT2D eigenvalue weighted by molar-refractivity contribution is -0.129. The van der Waals surface area contributed by atoms with Crippen LogP contribution in [0.1, 0.15) is 47.5 Å². The van der Waals surface area contributed by atoms with Crippen LogP contribution in [0, 0.1) is 17.3 Å². The van der Waals surface area contributed by atoms with Gasteiger partial charge in [-0.25, -0.2) is 0 Å². The van der Waals surface area contributed by atoms with Gasteiger partial charge in [0.15, 0.2) is 15.1 Å². The molecule has 0 bridgehead atoms. The zero-order chi connectivity index (χ0) is 22.2. The fourth-order valence-electron chi connectivity index (χ4n) is 2.38. The number of halogens is 2. The van der Waals surface area contributed by atoms with Crippen LogP contribution < -0.4 is 10.1 Å². The van der Waals surface area contributed by atoms with Gasteiger partial charge in [0.25, 0.3) is 5.91 Å². The molecule has 2 atom stereocenters. The molecule has 0 aliphatic heterocycles. The van der Waals surface area contributed by atoms with Gasteiger partial charge in [-0.15, -0.1) is 5.92 Å². The Kier molecular flexibility index (Phi) is 10.0. The molecule has 7 heteroatoms. The van der Waals surface area contributed by atoms with Gasteiger partial charge in [-0.2, -0.15) is 0 Å². The van der Waals surface area contributed by atoms with E-state index in [-0.39, 0.29) is 11.3 Å². The number of nitrogens with one attached hydrogen (secondary N) is 1. The predicted molar refractivity (Wildman–Crippen MR) is 124 cm³/mol. The molecule has 29 heavy (non-hydrogen) atoms. The third-order valence-corrected chi connectivity index (χ3v) is 5.13. The van der Waals surface area contributed by atoms with Gasteiger partial charge in [-0.05, 0) is 50.1 Å². The molecule has 1 aromatic carbocycles. The zero-order valence-electron chi connectivity index (χ0n) is 18.5. The molecule has 0 aromatic heterocycles. The summed E-state index contributed by atoms with van der Waals surface area (Å²) < 4.78 is 11.8. The number of carbonyl (C=O) groups is 1. The monoisotopic (exact) mass is 457 g/mol. The first-order valence-corrected chi connectivity index (χ1v) is 13.4. The van der Waals surface area contributed by atoms with E-state index in [1.165, 1.54) is 0 Å². The van der Waals surface area contributed by atoms with Gasteiger partial charge in [0.1, 0.15) is 11.3 Å². The second-order valence-electron chi connectivity index (χ2n) is 8.84. The third-order valence-electron chi connectivity index (χ3n) is 3.87. The first-order chi connectivity index (χ1) is 13.3. The highest BCUT2D eigenvalue weighted by Gasteiger charge is 2.29.